The van der Waals surface area contributed by atoms with E-state index in [9.17, 15) is 26.0 Å². The van der Waals surface area contributed by atoms with Crippen molar-refractivity contribution >= 4 is 26.0 Å². The predicted octanol–water partition coefficient (Wildman–Crippen LogP) is 1.68. The molecule has 0 saturated carbocycles. The van der Waals surface area contributed by atoms with Gasteiger partial charge >= 0.3 is 0 Å². The number of carbonyl (C=O) groups is 1. The van der Waals surface area contributed by atoms with E-state index in [-0.39, 0.29) is 22.8 Å². The third-order valence-electron chi connectivity index (χ3n) is 4.74. The molecule has 0 spiro atoms. The van der Waals surface area contributed by atoms with E-state index in [1.54, 1.807) is 30.3 Å². The second-order valence-corrected chi connectivity index (χ2v) is 10.5. The molecule has 11 heteroatoms. The van der Waals surface area contributed by atoms with Crippen LogP contribution in [-0.2, 0) is 37.8 Å². The number of hydrogen-bond acceptors (Lipinski definition) is 5. The quantitative estimate of drug-likeness (QED) is 0.419. The highest BCUT2D eigenvalue weighted by molar-refractivity contribution is 7.89. The van der Waals surface area contributed by atoms with Crippen molar-refractivity contribution < 1.29 is 26.0 Å². The van der Waals surface area contributed by atoms with Gasteiger partial charge in [0.1, 0.15) is 11.9 Å². The molecular formula is C22H22FN3O5S2. The zero-order valence-corrected chi connectivity index (χ0v) is 18.9. The first-order valence-electron chi connectivity index (χ1n) is 9.76. The van der Waals surface area contributed by atoms with Crippen LogP contribution in [0, 0.1) is 5.82 Å². The van der Waals surface area contributed by atoms with Crippen LogP contribution < -0.4 is 15.2 Å². The van der Waals surface area contributed by atoms with Crippen LogP contribution >= 0.6 is 0 Å². The minimum atomic E-state index is -4.10. The molecule has 1 amide bonds. The van der Waals surface area contributed by atoms with Crippen LogP contribution in [0.1, 0.15) is 11.1 Å². The maximum absolute atomic E-state index is 13.2. The largest absolute Gasteiger partial charge is 0.351 e. The van der Waals surface area contributed by atoms with Crippen molar-refractivity contribution in [3.8, 4) is 0 Å². The molecule has 0 aromatic heterocycles. The highest BCUT2D eigenvalue weighted by Gasteiger charge is 2.26. The van der Waals surface area contributed by atoms with Gasteiger partial charge in [-0.3, -0.25) is 4.79 Å². The molecular weight excluding hydrogens is 469 g/mol. The van der Waals surface area contributed by atoms with Gasteiger partial charge in [0.2, 0.25) is 26.0 Å². The first kappa shape index (κ1) is 24.5. The molecule has 3 rings (SSSR count). The van der Waals surface area contributed by atoms with Crippen LogP contribution in [0.4, 0.5) is 4.39 Å². The Morgan fingerprint density at radius 1 is 0.818 bits per heavy atom. The highest BCUT2D eigenvalue weighted by atomic mass is 32.2. The van der Waals surface area contributed by atoms with Crippen LogP contribution in [0.2, 0.25) is 0 Å². The Balaban J connectivity index is 1.77. The number of hydrogen-bond donors (Lipinski definition) is 3. The monoisotopic (exact) mass is 491 g/mol. The topological polar surface area (TPSA) is 135 Å². The van der Waals surface area contributed by atoms with Gasteiger partial charge < -0.3 is 5.32 Å². The second kappa shape index (κ2) is 10.2. The lowest BCUT2D eigenvalue weighted by atomic mass is 10.1. The number of benzene rings is 3. The first-order valence-corrected chi connectivity index (χ1v) is 12.8. The molecule has 8 nitrogen and oxygen atoms in total. The van der Waals surface area contributed by atoms with Crippen molar-refractivity contribution in [2.45, 2.75) is 28.8 Å². The van der Waals surface area contributed by atoms with Crippen LogP contribution in [0.3, 0.4) is 0 Å². The Hall–Kier alpha value is -3.12. The molecule has 33 heavy (non-hydrogen) atoms. The summed E-state index contributed by atoms with van der Waals surface area (Å²) in [5, 5.41) is 7.73. The lowest BCUT2D eigenvalue weighted by molar-refractivity contribution is -0.122. The zero-order chi connectivity index (χ0) is 24.1. The van der Waals surface area contributed by atoms with Crippen molar-refractivity contribution in [2.24, 2.45) is 5.14 Å². The van der Waals surface area contributed by atoms with E-state index in [1.807, 2.05) is 0 Å². The van der Waals surface area contributed by atoms with E-state index in [0.29, 0.717) is 5.56 Å². The van der Waals surface area contributed by atoms with Gasteiger partial charge in [-0.1, -0.05) is 42.5 Å². The zero-order valence-electron chi connectivity index (χ0n) is 17.3. The average molecular weight is 492 g/mol. The maximum Gasteiger partial charge on any atom is 0.241 e. The van der Waals surface area contributed by atoms with E-state index in [0.717, 1.165) is 29.8 Å². The minimum absolute atomic E-state index is 0.0350. The molecule has 174 valence electrons. The lowest BCUT2D eigenvalue weighted by Gasteiger charge is -2.19. The van der Waals surface area contributed by atoms with Gasteiger partial charge in [0.05, 0.1) is 9.79 Å². The summed E-state index contributed by atoms with van der Waals surface area (Å²) < 4.78 is 63.8. The van der Waals surface area contributed by atoms with Crippen molar-refractivity contribution in [1.82, 2.24) is 10.0 Å². The van der Waals surface area contributed by atoms with Gasteiger partial charge in [0, 0.05) is 6.54 Å². The third-order valence-corrected chi connectivity index (χ3v) is 7.16. The normalized spacial score (nSPS) is 12.8. The Labute approximate surface area is 191 Å². The summed E-state index contributed by atoms with van der Waals surface area (Å²) in [5.41, 5.74) is 1.33. The fourth-order valence-electron chi connectivity index (χ4n) is 3.02. The van der Waals surface area contributed by atoms with Crippen molar-refractivity contribution in [3.05, 3.63) is 95.8 Å². The van der Waals surface area contributed by atoms with Crippen LogP contribution in [-0.4, -0.2) is 28.8 Å². The summed E-state index contributed by atoms with van der Waals surface area (Å²) in [4.78, 5) is 12.7. The second-order valence-electron chi connectivity index (χ2n) is 7.22. The highest BCUT2D eigenvalue weighted by Crippen LogP contribution is 2.13. The van der Waals surface area contributed by atoms with E-state index in [1.165, 1.54) is 24.3 Å². The summed E-state index contributed by atoms with van der Waals surface area (Å²) in [5.74, 6) is -1.17. The number of primary sulfonamides is 1. The SMILES string of the molecule is NS(=O)(=O)c1ccc(CNC(=O)[C@H](Cc2ccccc2)NS(=O)(=O)c2ccc(F)cc2)cc1. The minimum Gasteiger partial charge on any atom is -0.351 e. The smallest absolute Gasteiger partial charge is 0.241 e. The summed E-state index contributed by atoms with van der Waals surface area (Å²) in [6.45, 7) is 0.0350. The van der Waals surface area contributed by atoms with Gasteiger partial charge in [-0.15, -0.1) is 0 Å². The lowest BCUT2D eigenvalue weighted by Crippen LogP contribution is -2.47. The van der Waals surface area contributed by atoms with E-state index < -0.39 is 37.8 Å². The molecule has 0 unspecified atom stereocenters. The van der Waals surface area contributed by atoms with E-state index in [4.69, 9.17) is 5.14 Å². The number of halogens is 1. The first-order chi connectivity index (χ1) is 15.5. The number of nitrogens with two attached hydrogens (primary N) is 1. The average Bonchev–Trinajstić information content (AvgIpc) is 2.77. The van der Waals surface area contributed by atoms with Gasteiger partial charge in [-0.2, -0.15) is 4.72 Å². The number of amides is 1. The molecule has 0 saturated heterocycles. The summed E-state index contributed by atoms with van der Waals surface area (Å²) in [6, 6.07) is 17.6. The van der Waals surface area contributed by atoms with Crippen molar-refractivity contribution in [1.29, 1.82) is 0 Å². The Kier molecular flexibility index (Phi) is 7.59. The molecule has 0 aliphatic rings. The molecule has 0 aliphatic carbocycles. The molecule has 0 heterocycles. The molecule has 0 fully saturated rings. The van der Waals surface area contributed by atoms with E-state index >= 15 is 0 Å². The maximum atomic E-state index is 13.2. The standard InChI is InChI=1S/C22H22FN3O5S2/c23-18-8-12-20(13-9-18)33(30,31)26-21(14-16-4-2-1-3-5-16)22(27)25-15-17-6-10-19(11-7-17)32(24,28)29/h1-13,21,26H,14-15H2,(H,25,27)(H2,24,28,29)/t21-/m0/s1. The van der Waals surface area contributed by atoms with Gasteiger partial charge in [-0.05, 0) is 53.9 Å². The molecule has 0 aliphatic heterocycles. The molecule has 0 bridgehead atoms. The van der Waals surface area contributed by atoms with Gasteiger partial charge in [-0.25, -0.2) is 26.4 Å². The molecule has 1 atom stereocenters. The molecule has 0 radical (unpaired) electrons. The number of sulfonamides is 2. The van der Waals surface area contributed by atoms with Crippen LogP contribution in [0.25, 0.3) is 0 Å². The summed E-state index contributed by atoms with van der Waals surface area (Å²) in [6.07, 6.45) is 0.0808. The molecule has 3 aromatic rings. The molecule has 4 N–H and O–H groups in total. The van der Waals surface area contributed by atoms with Gasteiger partial charge in [0.25, 0.3) is 0 Å². The Morgan fingerprint density at radius 2 is 1.39 bits per heavy atom. The van der Waals surface area contributed by atoms with Crippen molar-refractivity contribution in [2.75, 3.05) is 0 Å². The third kappa shape index (κ3) is 6.93. The van der Waals surface area contributed by atoms with Crippen molar-refractivity contribution in [3.63, 3.8) is 0 Å². The van der Waals surface area contributed by atoms with E-state index in [2.05, 4.69) is 10.0 Å². The number of rotatable bonds is 9. The predicted molar refractivity (Wildman–Crippen MR) is 120 cm³/mol. The van der Waals surface area contributed by atoms with Gasteiger partial charge in [0.15, 0.2) is 0 Å². The number of nitrogens with one attached hydrogen (secondary N) is 2. The number of carbonyl (C=O) groups excluding carboxylic acids is 1. The summed E-state index contributed by atoms with van der Waals surface area (Å²) in [7, 11) is -7.94. The van der Waals surface area contributed by atoms with Crippen LogP contribution in [0.15, 0.2) is 88.7 Å². The fourth-order valence-corrected chi connectivity index (χ4v) is 4.73. The summed E-state index contributed by atoms with van der Waals surface area (Å²) >= 11 is 0. The van der Waals surface area contributed by atoms with Crippen LogP contribution in [0.5, 0.6) is 0 Å². The Morgan fingerprint density at radius 3 is 1.97 bits per heavy atom. The Bertz CT molecular complexity index is 1310. The fraction of sp³-hybridized carbons (Fsp3) is 0.136. The molecule has 3 aromatic carbocycles.